The van der Waals surface area contributed by atoms with Crippen LogP contribution in [0.4, 0.5) is 0 Å². The van der Waals surface area contributed by atoms with Crippen molar-refractivity contribution in [3.8, 4) is 0 Å². The van der Waals surface area contributed by atoms with E-state index in [9.17, 15) is 5.11 Å². The number of hydrogen-bond acceptors (Lipinski definition) is 2. The maximum atomic E-state index is 9.56. The Morgan fingerprint density at radius 2 is 1.00 bits per heavy atom. The van der Waals surface area contributed by atoms with Crippen molar-refractivity contribution in [1.29, 1.82) is 0 Å². The molecule has 0 aliphatic carbocycles. The van der Waals surface area contributed by atoms with Crippen LogP contribution in [0.15, 0.2) is 0 Å². The number of aliphatic hydroxyl groups is 1. The van der Waals surface area contributed by atoms with E-state index in [4.69, 9.17) is 0 Å². The van der Waals surface area contributed by atoms with E-state index in [0.717, 1.165) is 6.42 Å². The Balaban J connectivity index is 0. The van der Waals surface area contributed by atoms with Gasteiger partial charge in [0.15, 0.2) is 0 Å². The summed E-state index contributed by atoms with van der Waals surface area (Å²) in [5.74, 6) is 0. The van der Waals surface area contributed by atoms with Gasteiger partial charge in [-0.1, -0.05) is 77.6 Å². The maximum absolute atomic E-state index is 9.56. The summed E-state index contributed by atoms with van der Waals surface area (Å²) >= 11 is 0. The summed E-state index contributed by atoms with van der Waals surface area (Å²) in [6.45, 7) is 6.08. The molecule has 4 N–H and O–H groups in total. The summed E-state index contributed by atoms with van der Waals surface area (Å²) in [5.41, 5.74) is -0.459. The topological polar surface area (TPSA) is 55.2 Å². The Kier molecular flexibility index (Phi) is 15.0. The van der Waals surface area contributed by atoms with E-state index in [0.29, 0.717) is 0 Å². The maximum Gasteiger partial charge on any atom is 0.0591 e. The van der Waals surface area contributed by atoms with Crippen LogP contribution >= 0.6 is 0 Å². The normalized spacial score (nSPS) is 11.3. The molecule has 0 aliphatic heterocycles. The van der Waals surface area contributed by atoms with Gasteiger partial charge in [0.05, 0.1) is 5.60 Å². The molecule has 0 aromatic carbocycles. The molecule has 0 saturated carbocycles. The number of hydrogen-bond donors (Lipinski definition) is 2. The van der Waals surface area contributed by atoms with Crippen LogP contribution in [0, 0.1) is 0 Å². The van der Waals surface area contributed by atoms with E-state index in [1.807, 2.05) is 13.8 Å². The van der Waals surface area contributed by atoms with Gasteiger partial charge < -0.3 is 11.3 Å². The Hall–Kier alpha value is -0.0800. The van der Waals surface area contributed by atoms with Gasteiger partial charge in [-0.2, -0.15) is 0 Å². The van der Waals surface area contributed by atoms with Gasteiger partial charge in [-0.05, 0) is 20.3 Å². The van der Waals surface area contributed by atoms with Crippen molar-refractivity contribution in [2.45, 2.75) is 103 Å². The molecule has 0 rings (SSSR count). The molecule has 0 radical (unpaired) electrons. The summed E-state index contributed by atoms with van der Waals surface area (Å²) < 4.78 is 0. The molecule has 0 aromatic rings. The molecule has 0 aromatic heterocycles. The molecule has 0 atom stereocenters. The molecule has 0 unspecified atom stereocenters. The summed E-state index contributed by atoms with van der Waals surface area (Å²) in [5, 5.41) is 9.56. The van der Waals surface area contributed by atoms with Crippen LogP contribution in [0.1, 0.15) is 97.8 Å². The molecule has 0 heterocycles. The number of rotatable bonds is 12. The minimum atomic E-state index is -0.459. The average Bonchev–Trinajstić information content (AvgIpc) is 2.24. The van der Waals surface area contributed by atoms with E-state index in [1.54, 1.807) is 0 Å². The fourth-order valence-corrected chi connectivity index (χ4v) is 2.22. The molecular formula is C16H37NO. The lowest BCUT2D eigenvalue weighted by atomic mass is 9.99. The van der Waals surface area contributed by atoms with Crippen LogP contribution in [0.25, 0.3) is 0 Å². The third kappa shape index (κ3) is 18.3. The van der Waals surface area contributed by atoms with Crippen LogP contribution in [-0.4, -0.2) is 10.7 Å². The van der Waals surface area contributed by atoms with Gasteiger partial charge in [0.2, 0.25) is 0 Å². The third-order valence-corrected chi connectivity index (χ3v) is 3.39. The lowest BCUT2D eigenvalue weighted by molar-refractivity contribution is 0.0680. The highest BCUT2D eigenvalue weighted by molar-refractivity contribution is 4.64. The first-order valence-electron chi connectivity index (χ1n) is 7.78. The molecule has 18 heavy (non-hydrogen) atoms. The first-order chi connectivity index (χ1) is 8.06. The zero-order valence-corrected chi connectivity index (χ0v) is 13.1. The van der Waals surface area contributed by atoms with Gasteiger partial charge in [0.25, 0.3) is 0 Å². The molecule has 0 amide bonds. The van der Waals surface area contributed by atoms with Crippen LogP contribution in [-0.2, 0) is 0 Å². The van der Waals surface area contributed by atoms with E-state index in [2.05, 4.69) is 6.92 Å². The van der Waals surface area contributed by atoms with Crippen LogP contribution in [0.5, 0.6) is 0 Å². The SMILES string of the molecule is CCCCCCCCCCCCCC(C)(C)O.N. The average molecular weight is 259 g/mol. The zero-order valence-electron chi connectivity index (χ0n) is 13.1. The summed E-state index contributed by atoms with van der Waals surface area (Å²) in [7, 11) is 0. The highest BCUT2D eigenvalue weighted by Crippen LogP contribution is 2.15. The van der Waals surface area contributed by atoms with Crippen molar-refractivity contribution < 1.29 is 5.11 Å². The zero-order chi connectivity index (χ0) is 13.0. The van der Waals surface area contributed by atoms with Gasteiger partial charge in [0, 0.05) is 0 Å². The molecule has 0 spiro atoms. The molecule has 0 aliphatic rings. The van der Waals surface area contributed by atoms with Crippen LogP contribution < -0.4 is 6.15 Å². The second kappa shape index (κ2) is 13.4. The van der Waals surface area contributed by atoms with E-state index in [-0.39, 0.29) is 6.15 Å². The van der Waals surface area contributed by atoms with Crippen molar-refractivity contribution in [3.63, 3.8) is 0 Å². The van der Waals surface area contributed by atoms with E-state index in [1.165, 1.54) is 70.6 Å². The Morgan fingerprint density at radius 1 is 0.667 bits per heavy atom. The standard InChI is InChI=1S/C16H34O.H3N/c1-4-5-6-7-8-9-10-11-12-13-14-15-16(2,3)17;/h17H,4-15H2,1-3H3;1H3. The Labute approximate surface area is 115 Å². The fraction of sp³-hybridized carbons (Fsp3) is 1.00. The van der Waals surface area contributed by atoms with Crippen molar-refractivity contribution in [2.75, 3.05) is 0 Å². The molecule has 0 saturated heterocycles. The quantitative estimate of drug-likeness (QED) is 0.447. The van der Waals surface area contributed by atoms with Gasteiger partial charge in [-0.3, -0.25) is 0 Å². The molecule has 0 bridgehead atoms. The van der Waals surface area contributed by atoms with Gasteiger partial charge in [-0.25, -0.2) is 0 Å². The van der Waals surface area contributed by atoms with Crippen molar-refractivity contribution >= 4 is 0 Å². The van der Waals surface area contributed by atoms with Gasteiger partial charge >= 0.3 is 0 Å². The monoisotopic (exact) mass is 259 g/mol. The minimum Gasteiger partial charge on any atom is -0.390 e. The largest absolute Gasteiger partial charge is 0.390 e. The predicted molar refractivity (Wildman–Crippen MR) is 82.4 cm³/mol. The van der Waals surface area contributed by atoms with Crippen molar-refractivity contribution in [2.24, 2.45) is 0 Å². The number of unbranched alkanes of at least 4 members (excludes halogenated alkanes) is 10. The molecule has 112 valence electrons. The predicted octanol–water partition coefficient (Wildman–Crippen LogP) is 5.62. The van der Waals surface area contributed by atoms with Crippen LogP contribution in [0.3, 0.4) is 0 Å². The van der Waals surface area contributed by atoms with Gasteiger partial charge in [-0.15, -0.1) is 0 Å². The second-order valence-electron chi connectivity index (χ2n) is 6.10. The van der Waals surface area contributed by atoms with Gasteiger partial charge in [0.1, 0.15) is 0 Å². The summed E-state index contributed by atoms with van der Waals surface area (Å²) in [6.07, 6.45) is 16.1. The van der Waals surface area contributed by atoms with E-state index < -0.39 is 5.60 Å². The fourth-order valence-electron chi connectivity index (χ4n) is 2.22. The first kappa shape index (κ1) is 20.2. The Bertz CT molecular complexity index is 152. The highest BCUT2D eigenvalue weighted by atomic mass is 16.3. The van der Waals surface area contributed by atoms with Crippen molar-refractivity contribution in [1.82, 2.24) is 6.15 Å². The Morgan fingerprint density at radius 3 is 1.33 bits per heavy atom. The van der Waals surface area contributed by atoms with Crippen LogP contribution in [0.2, 0.25) is 0 Å². The van der Waals surface area contributed by atoms with E-state index >= 15 is 0 Å². The lowest BCUT2D eigenvalue weighted by Crippen LogP contribution is -2.17. The van der Waals surface area contributed by atoms with Crippen molar-refractivity contribution in [3.05, 3.63) is 0 Å². The smallest absolute Gasteiger partial charge is 0.0591 e. The molecular weight excluding hydrogens is 222 g/mol. The third-order valence-electron chi connectivity index (χ3n) is 3.39. The summed E-state index contributed by atoms with van der Waals surface area (Å²) in [6, 6.07) is 0. The second-order valence-corrected chi connectivity index (χ2v) is 6.10. The summed E-state index contributed by atoms with van der Waals surface area (Å²) in [4.78, 5) is 0. The molecule has 2 heteroatoms. The highest BCUT2D eigenvalue weighted by Gasteiger charge is 2.10. The molecule has 0 fully saturated rings. The molecule has 2 nitrogen and oxygen atoms in total. The first-order valence-corrected chi connectivity index (χ1v) is 7.78. The minimum absolute atomic E-state index is 0. The lowest BCUT2D eigenvalue weighted by Gasteiger charge is -2.16.